The summed E-state index contributed by atoms with van der Waals surface area (Å²) in [6.45, 7) is 2.39. The Balaban J connectivity index is 1.99. The number of amides is 1. The van der Waals surface area contributed by atoms with E-state index in [1.54, 1.807) is 14.0 Å². The third kappa shape index (κ3) is 4.56. The van der Waals surface area contributed by atoms with Crippen molar-refractivity contribution in [1.29, 1.82) is 0 Å². The molecular weight excluding hydrogens is 328 g/mol. The molecule has 24 heavy (non-hydrogen) atoms. The molecule has 6 nitrogen and oxygen atoms in total. The van der Waals surface area contributed by atoms with Gasteiger partial charge in [-0.3, -0.25) is 4.79 Å². The molecule has 0 aromatic heterocycles. The molecule has 0 bridgehead atoms. The van der Waals surface area contributed by atoms with Crippen LogP contribution in [0, 0.1) is 0 Å². The van der Waals surface area contributed by atoms with Gasteiger partial charge in [0.25, 0.3) is 5.91 Å². The van der Waals surface area contributed by atoms with Gasteiger partial charge in [-0.15, -0.1) is 0 Å². The molecule has 0 aliphatic rings. The van der Waals surface area contributed by atoms with Gasteiger partial charge >= 0.3 is 0 Å². The molecule has 0 heterocycles. The van der Waals surface area contributed by atoms with Crippen molar-refractivity contribution in [2.75, 3.05) is 13.7 Å². The first-order chi connectivity index (χ1) is 11.5. The zero-order valence-electron chi connectivity index (χ0n) is 13.6. The molecule has 2 aromatic carbocycles. The number of hydrogen-bond donors (Lipinski definition) is 2. The Hall–Kier alpha value is -2.38. The van der Waals surface area contributed by atoms with Gasteiger partial charge in [-0.2, -0.15) is 0 Å². The summed E-state index contributed by atoms with van der Waals surface area (Å²) in [6, 6.07) is 13.2. The molecule has 0 saturated carbocycles. The van der Waals surface area contributed by atoms with Crippen LogP contribution in [0.15, 0.2) is 53.4 Å². The quantitative estimate of drug-likeness (QED) is 0.801. The first kappa shape index (κ1) is 18.0. The van der Waals surface area contributed by atoms with Gasteiger partial charge in [0.1, 0.15) is 5.75 Å². The van der Waals surface area contributed by atoms with E-state index in [0.717, 1.165) is 11.3 Å². The second-order valence-electron chi connectivity index (χ2n) is 5.06. The first-order valence-corrected chi connectivity index (χ1v) is 8.95. The molecular formula is C17H20N2O4S. The van der Waals surface area contributed by atoms with E-state index >= 15 is 0 Å². The van der Waals surface area contributed by atoms with E-state index in [9.17, 15) is 13.2 Å². The lowest BCUT2D eigenvalue weighted by molar-refractivity contribution is 0.0951. The highest BCUT2D eigenvalue weighted by molar-refractivity contribution is 7.89. The Morgan fingerprint density at radius 2 is 1.67 bits per heavy atom. The smallest absolute Gasteiger partial charge is 0.251 e. The van der Waals surface area contributed by atoms with E-state index in [1.807, 2.05) is 24.3 Å². The number of nitrogens with one attached hydrogen (secondary N) is 2. The topological polar surface area (TPSA) is 84.5 Å². The standard InChI is InChI=1S/C17H20N2O4S/c1-3-19-24(21,22)16-10-6-14(7-11-16)17(20)18-12-13-4-8-15(23-2)9-5-13/h4-11,19H,3,12H2,1-2H3,(H,18,20). The number of benzene rings is 2. The van der Waals surface area contributed by atoms with Crippen LogP contribution < -0.4 is 14.8 Å². The average Bonchev–Trinajstić information content (AvgIpc) is 2.60. The summed E-state index contributed by atoms with van der Waals surface area (Å²) in [5.74, 6) is 0.487. The van der Waals surface area contributed by atoms with Gasteiger partial charge in [0.2, 0.25) is 10.0 Å². The minimum Gasteiger partial charge on any atom is -0.497 e. The summed E-state index contributed by atoms with van der Waals surface area (Å²) in [4.78, 5) is 12.3. The van der Waals surface area contributed by atoms with E-state index in [2.05, 4.69) is 10.0 Å². The summed E-state index contributed by atoms with van der Waals surface area (Å²) in [5, 5.41) is 2.79. The molecule has 1 amide bonds. The fourth-order valence-electron chi connectivity index (χ4n) is 2.09. The number of methoxy groups -OCH3 is 1. The maximum absolute atomic E-state index is 12.1. The molecule has 0 fully saturated rings. The lowest BCUT2D eigenvalue weighted by Gasteiger charge is -2.08. The minimum absolute atomic E-state index is 0.135. The third-order valence-electron chi connectivity index (χ3n) is 3.37. The lowest BCUT2D eigenvalue weighted by atomic mass is 10.2. The molecule has 0 atom stereocenters. The second kappa shape index (κ2) is 7.94. The first-order valence-electron chi connectivity index (χ1n) is 7.47. The van der Waals surface area contributed by atoms with Gasteiger partial charge in [-0.05, 0) is 42.0 Å². The predicted octanol–water partition coefficient (Wildman–Crippen LogP) is 1.92. The van der Waals surface area contributed by atoms with Crippen LogP contribution in [0.2, 0.25) is 0 Å². The SMILES string of the molecule is CCNS(=O)(=O)c1ccc(C(=O)NCc2ccc(OC)cc2)cc1. The molecule has 2 rings (SSSR count). The van der Waals surface area contributed by atoms with E-state index in [0.29, 0.717) is 18.7 Å². The van der Waals surface area contributed by atoms with Gasteiger partial charge in [0, 0.05) is 18.7 Å². The van der Waals surface area contributed by atoms with Crippen LogP contribution in [0.5, 0.6) is 5.75 Å². The fraction of sp³-hybridized carbons (Fsp3) is 0.235. The van der Waals surface area contributed by atoms with Crippen LogP contribution >= 0.6 is 0 Å². The maximum Gasteiger partial charge on any atom is 0.251 e. The summed E-state index contributed by atoms with van der Waals surface area (Å²) < 4.78 is 31.2. The van der Waals surface area contributed by atoms with E-state index in [1.165, 1.54) is 24.3 Å². The minimum atomic E-state index is -3.51. The number of rotatable bonds is 7. The van der Waals surface area contributed by atoms with Crippen LogP contribution in [0.3, 0.4) is 0 Å². The molecule has 0 aliphatic carbocycles. The normalized spacial score (nSPS) is 11.1. The van der Waals surface area contributed by atoms with Crippen molar-refractivity contribution in [1.82, 2.24) is 10.0 Å². The highest BCUT2D eigenvalue weighted by atomic mass is 32.2. The molecule has 7 heteroatoms. The van der Waals surface area contributed by atoms with Gasteiger partial charge < -0.3 is 10.1 Å². The second-order valence-corrected chi connectivity index (χ2v) is 6.82. The highest BCUT2D eigenvalue weighted by Crippen LogP contribution is 2.12. The van der Waals surface area contributed by atoms with Crippen LogP contribution in [-0.2, 0) is 16.6 Å². The number of hydrogen-bond acceptors (Lipinski definition) is 4. The number of carbonyl (C=O) groups is 1. The van der Waals surface area contributed by atoms with Crippen molar-refractivity contribution >= 4 is 15.9 Å². The van der Waals surface area contributed by atoms with Crippen molar-refractivity contribution in [3.05, 3.63) is 59.7 Å². The fourth-order valence-corrected chi connectivity index (χ4v) is 3.13. The third-order valence-corrected chi connectivity index (χ3v) is 4.93. The van der Waals surface area contributed by atoms with Gasteiger partial charge in [0.15, 0.2) is 0 Å². The summed E-state index contributed by atoms with van der Waals surface area (Å²) >= 11 is 0. The van der Waals surface area contributed by atoms with Crippen molar-refractivity contribution in [3.63, 3.8) is 0 Å². The largest absolute Gasteiger partial charge is 0.497 e. The van der Waals surface area contributed by atoms with E-state index in [-0.39, 0.29) is 10.8 Å². The molecule has 0 saturated heterocycles. The number of sulfonamides is 1. The van der Waals surface area contributed by atoms with Gasteiger partial charge in [0.05, 0.1) is 12.0 Å². The van der Waals surface area contributed by atoms with E-state index in [4.69, 9.17) is 4.74 Å². The molecule has 0 aliphatic heterocycles. The van der Waals surface area contributed by atoms with Crippen molar-refractivity contribution in [3.8, 4) is 5.75 Å². The maximum atomic E-state index is 12.1. The molecule has 0 unspecified atom stereocenters. The Morgan fingerprint density at radius 3 is 2.21 bits per heavy atom. The zero-order valence-corrected chi connectivity index (χ0v) is 14.4. The average molecular weight is 348 g/mol. The molecule has 0 spiro atoms. The number of ether oxygens (including phenoxy) is 1. The Morgan fingerprint density at radius 1 is 1.04 bits per heavy atom. The highest BCUT2D eigenvalue weighted by Gasteiger charge is 2.13. The lowest BCUT2D eigenvalue weighted by Crippen LogP contribution is -2.24. The van der Waals surface area contributed by atoms with Gasteiger partial charge in [-0.1, -0.05) is 19.1 Å². The van der Waals surface area contributed by atoms with Crippen molar-refractivity contribution in [2.24, 2.45) is 0 Å². The molecule has 128 valence electrons. The molecule has 0 radical (unpaired) electrons. The van der Waals surface area contributed by atoms with Crippen molar-refractivity contribution in [2.45, 2.75) is 18.4 Å². The zero-order chi connectivity index (χ0) is 17.6. The summed E-state index contributed by atoms with van der Waals surface area (Å²) in [6.07, 6.45) is 0. The Kier molecular flexibility index (Phi) is 5.94. The van der Waals surface area contributed by atoms with Crippen LogP contribution in [0.25, 0.3) is 0 Å². The van der Waals surface area contributed by atoms with Crippen molar-refractivity contribution < 1.29 is 17.9 Å². The molecule has 2 aromatic rings. The predicted molar refractivity (Wildman–Crippen MR) is 91.5 cm³/mol. The van der Waals surface area contributed by atoms with Crippen LogP contribution in [0.4, 0.5) is 0 Å². The number of carbonyl (C=O) groups excluding carboxylic acids is 1. The monoisotopic (exact) mass is 348 g/mol. The summed E-state index contributed by atoms with van der Waals surface area (Å²) in [7, 11) is -1.91. The summed E-state index contributed by atoms with van der Waals surface area (Å²) in [5.41, 5.74) is 1.34. The van der Waals surface area contributed by atoms with Crippen LogP contribution in [-0.4, -0.2) is 28.0 Å². The van der Waals surface area contributed by atoms with Crippen LogP contribution in [0.1, 0.15) is 22.8 Å². The molecule has 2 N–H and O–H groups in total. The van der Waals surface area contributed by atoms with Gasteiger partial charge in [-0.25, -0.2) is 13.1 Å². The van der Waals surface area contributed by atoms with E-state index < -0.39 is 10.0 Å². The Labute approximate surface area is 141 Å². The Bertz CT molecular complexity index is 784.